The fourth-order valence-electron chi connectivity index (χ4n) is 2.08. The van der Waals surface area contributed by atoms with Crippen molar-refractivity contribution in [3.63, 3.8) is 0 Å². The highest BCUT2D eigenvalue weighted by Gasteiger charge is 2.10. The van der Waals surface area contributed by atoms with Crippen LogP contribution >= 0.6 is 0 Å². The van der Waals surface area contributed by atoms with E-state index in [2.05, 4.69) is 4.98 Å². The minimum absolute atomic E-state index is 0.0559. The van der Waals surface area contributed by atoms with Crippen molar-refractivity contribution in [2.45, 2.75) is 6.61 Å². The van der Waals surface area contributed by atoms with E-state index in [0.717, 1.165) is 17.1 Å². The van der Waals surface area contributed by atoms with Crippen LogP contribution in [0.15, 0.2) is 66.9 Å². The highest BCUT2D eigenvalue weighted by atomic mass is 16.3. The number of hydrogen-bond acceptors (Lipinski definition) is 2. The van der Waals surface area contributed by atoms with Gasteiger partial charge in [0.05, 0.1) is 12.3 Å². The predicted octanol–water partition coefficient (Wildman–Crippen LogP) is 3.03. The van der Waals surface area contributed by atoms with Gasteiger partial charge in [-0.1, -0.05) is 48.5 Å². The van der Waals surface area contributed by atoms with Gasteiger partial charge in [-0.25, -0.2) is 4.98 Å². The summed E-state index contributed by atoms with van der Waals surface area (Å²) < 4.78 is 2.00. The molecule has 1 heterocycles. The molecule has 0 amide bonds. The summed E-state index contributed by atoms with van der Waals surface area (Å²) in [7, 11) is 0. The molecule has 0 spiro atoms. The monoisotopic (exact) mass is 250 g/mol. The van der Waals surface area contributed by atoms with Gasteiger partial charge in [0.2, 0.25) is 0 Å². The molecule has 3 nitrogen and oxygen atoms in total. The van der Waals surface area contributed by atoms with Crippen molar-refractivity contribution in [3.05, 3.63) is 72.6 Å². The van der Waals surface area contributed by atoms with Gasteiger partial charge in [-0.05, 0) is 12.1 Å². The molecule has 0 aliphatic carbocycles. The summed E-state index contributed by atoms with van der Waals surface area (Å²) in [6, 6.07) is 20.0. The third-order valence-corrected chi connectivity index (χ3v) is 2.98. The van der Waals surface area contributed by atoms with Crippen LogP contribution in [0.5, 0.6) is 0 Å². The average molecular weight is 250 g/mol. The van der Waals surface area contributed by atoms with Crippen molar-refractivity contribution in [3.8, 4) is 17.1 Å². The van der Waals surface area contributed by atoms with Crippen molar-refractivity contribution < 1.29 is 5.11 Å². The van der Waals surface area contributed by atoms with E-state index in [0.29, 0.717) is 5.69 Å². The molecule has 1 N–H and O–H groups in total. The molecule has 0 radical (unpaired) electrons. The Labute approximate surface area is 111 Å². The van der Waals surface area contributed by atoms with Crippen LogP contribution in [0.25, 0.3) is 17.1 Å². The molecular weight excluding hydrogens is 236 g/mol. The highest BCUT2D eigenvalue weighted by molar-refractivity contribution is 5.59. The minimum Gasteiger partial charge on any atom is -0.390 e. The lowest BCUT2D eigenvalue weighted by Crippen LogP contribution is -1.95. The standard InChI is InChI=1S/C16H14N2O/c19-12-14-11-18(15-9-5-2-6-10-15)16(17-14)13-7-3-1-4-8-13/h1-11,19H,12H2. The molecule has 94 valence electrons. The Morgan fingerprint density at radius 1 is 0.895 bits per heavy atom. The molecule has 0 aliphatic rings. The third-order valence-electron chi connectivity index (χ3n) is 2.98. The van der Waals surface area contributed by atoms with Gasteiger partial charge in [0.25, 0.3) is 0 Å². The molecule has 19 heavy (non-hydrogen) atoms. The van der Waals surface area contributed by atoms with E-state index >= 15 is 0 Å². The van der Waals surface area contributed by atoms with Crippen LogP contribution < -0.4 is 0 Å². The number of benzene rings is 2. The summed E-state index contributed by atoms with van der Waals surface area (Å²) in [5.41, 5.74) is 2.74. The van der Waals surface area contributed by atoms with E-state index < -0.39 is 0 Å². The van der Waals surface area contributed by atoms with Crippen molar-refractivity contribution in [1.29, 1.82) is 0 Å². The van der Waals surface area contributed by atoms with Crippen molar-refractivity contribution in [2.24, 2.45) is 0 Å². The summed E-state index contributed by atoms with van der Waals surface area (Å²) in [5, 5.41) is 9.29. The lowest BCUT2D eigenvalue weighted by atomic mass is 10.2. The van der Waals surface area contributed by atoms with Crippen LogP contribution in [0.1, 0.15) is 5.69 Å². The Hall–Kier alpha value is -2.39. The highest BCUT2D eigenvalue weighted by Crippen LogP contribution is 2.22. The van der Waals surface area contributed by atoms with Gasteiger partial charge in [-0.3, -0.25) is 4.57 Å². The van der Waals surface area contributed by atoms with Crippen LogP contribution in [-0.2, 0) is 6.61 Å². The van der Waals surface area contributed by atoms with Gasteiger partial charge in [-0.2, -0.15) is 0 Å². The summed E-state index contributed by atoms with van der Waals surface area (Å²) >= 11 is 0. The summed E-state index contributed by atoms with van der Waals surface area (Å²) in [6.45, 7) is -0.0559. The molecule has 0 bridgehead atoms. The summed E-state index contributed by atoms with van der Waals surface area (Å²) in [5.74, 6) is 0.843. The maximum Gasteiger partial charge on any atom is 0.144 e. The van der Waals surface area contributed by atoms with Crippen molar-refractivity contribution >= 4 is 0 Å². The van der Waals surface area contributed by atoms with Gasteiger partial charge in [-0.15, -0.1) is 0 Å². The number of para-hydroxylation sites is 1. The maximum absolute atomic E-state index is 9.29. The van der Waals surface area contributed by atoms with E-state index in [9.17, 15) is 5.11 Å². The smallest absolute Gasteiger partial charge is 0.144 e. The largest absolute Gasteiger partial charge is 0.390 e. The van der Waals surface area contributed by atoms with E-state index in [4.69, 9.17) is 0 Å². The number of rotatable bonds is 3. The van der Waals surface area contributed by atoms with E-state index in [1.54, 1.807) is 0 Å². The summed E-state index contributed by atoms with van der Waals surface area (Å²) in [6.07, 6.45) is 1.87. The quantitative estimate of drug-likeness (QED) is 0.776. The number of nitrogens with zero attached hydrogens (tertiary/aromatic N) is 2. The molecule has 0 unspecified atom stereocenters. The van der Waals surface area contributed by atoms with Crippen molar-refractivity contribution in [1.82, 2.24) is 9.55 Å². The molecule has 0 aliphatic heterocycles. The Bertz CT molecular complexity index is 603. The van der Waals surface area contributed by atoms with Gasteiger partial charge < -0.3 is 5.11 Å². The van der Waals surface area contributed by atoms with E-state index in [-0.39, 0.29) is 6.61 Å². The Morgan fingerprint density at radius 3 is 2.16 bits per heavy atom. The van der Waals surface area contributed by atoms with Gasteiger partial charge in [0.15, 0.2) is 0 Å². The van der Waals surface area contributed by atoms with Crippen LogP contribution in [0.4, 0.5) is 0 Å². The zero-order chi connectivity index (χ0) is 13.1. The summed E-state index contributed by atoms with van der Waals surface area (Å²) in [4.78, 5) is 4.49. The zero-order valence-electron chi connectivity index (χ0n) is 10.4. The fourth-order valence-corrected chi connectivity index (χ4v) is 2.08. The SMILES string of the molecule is OCc1cn(-c2ccccc2)c(-c2ccccc2)n1. The number of hydrogen-bond donors (Lipinski definition) is 1. The Balaban J connectivity index is 2.17. The molecule has 0 atom stereocenters. The molecule has 1 aromatic heterocycles. The van der Waals surface area contributed by atoms with E-state index in [1.165, 1.54) is 0 Å². The molecular formula is C16H14N2O. The van der Waals surface area contributed by atoms with Crippen LogP contribution in [-0.4, -0.2) is 14.7 Å². The molecule has 0 fully saturated rings. The molecule has 2 aromatic carbocycles. The number of imidazole rings is 1. The molecule has 0 saturated heterocycles. The Kier molecular flexibility index (Phi) is 3.12. The van der Waals surface area contributed by atoms with Gasteiger partial charge >= 0.3 is 0 Å². The number of aliphatic hydroxyl groups excluding tert-OH is 1. The minimum atomic E-state index is -0.0559. The predicted molar refractivity (Wildman–Crippen MR) is 74.9 cm³/mol. The van der Waals surface area contributed by atoms with Crippen LogP contribution in [0, 0.1) is 0 Å². The maximum atomic E-state index is 9.29. The molecule has 3 heteroatoms. The van der Waals surface area contributed by atoms with E-state index in [1.807, 2.05) is 71.4 Å². The number of aromatic nitrogens is 2. The van der Waals surface area contributed by atoms with Gasteiger partial charge in [0.1, 0.15) is 5.82 Å². The molecule has 0 saturated carbocycles. The topological polar surface area (TPSA) is 38.0 Å². The molecule has 3 rings (SSSR count). The first-order valence-corrected chi connectivity index (χ1v) is 6.18. The first kappa shape index (κ1) is 11.7. The fraction of sp³-hybridized carbons (Fsp3) is 0.0625. The second kappa shape index (κ2) is 5.08. The molecule has 3 aromatic rings. The van der Waals surface area contributed by atoms with Crippen LogP contribution in [0.2, 0.25) is 0 Å². The second-order valence-corrected chi connectivity index (χ2v) is 4.29. The van der Waals surface area contributed by atoms with Gasteiger partial charge in [0, 0.05) is 17.4 Å². The lowest BCUT2D eigenvalue weighted by Gasteiger charge is -2.07. The van der Waals surface area contributed by atoms with Crippen molar-refractivity contribution in [2.75, 3.05) is 0 Å². The normalized spacial score (nSPS) is 10.6. The second-order valence-electron chi connectivity index (χ2n) is 4.29. The van der Waals surface area contributed by atoms with Crippen LogP contribution in [0.3, 0.4) is 0 Å². The lowest BCUT2D eigenvalue weighted by molar-refractivity contribution is 0.277. The average Bonchev–Trinajstić information content (AvgIpc) is 2.93. The first-order chi connectivity index (χ1) is 9.38. The zero-order valence-corrected chi connectivity index (χ0v) is 10.4. The third kappa shape index (κ3) is 2.28. The Morgan fingerprint density at radius 2 is 1.53 bits per heavy atom. The number of aliphatic hydroxyl groups is 1. The first-order valence-electron chi connectivity index (χ1n) is 6.18.